The fraction of sp³-hybridized carbons (Fsp3) is 0.111. The van der Waals surface area contributed by atoms with Gasteiger partial charge in [-0.05, 0) is 19.1 Å². The molecule has 0 unspecified atom stereocenters. The first-order chi connectivity index (χ1) is 8.53. The van der Waals surface area contributed by atoms with Crippen LogP contribution in [-0.4, -0.2) is 18.6 Å². The number of nitrogen functional groups attached to an aromatic ring is 1. The monoisotopic (exact) mass is 269 g/mol. The van der Waals surface area contributed by atoms with Crippen molar-refractivity contribution in [2.75, 3.05) is 10.1 Å². The highest BCUT2D eigenvalue weighted by atomic mass is 32.2. The zero-order chi connectivity index (χ0) is 13.2. The summed E-state index contributed by atoms with van der Waals surface area (Å²) in [6.45, 7) is 1.58. The lowest BCUT2D eigenvalue weighted by atomic mass is 10.3. The molecular formula is C9H11N5O3S. The average Bonchev–Trinajstić information content (AvgIpc) is 2.74. The largest absolute Gasteiger partial charge is 0.335 e. The number of sulfonamides is 1. The molecule has 0 amide bonds. The maximum Gasteiger partial charge on any atom is 0.335 e. The van der Waals surface area contributed by atoms with Crippen LogP contribution < -0.4 is 16.0 Å². The van der Waals surface area contributed by atoms with Gasteiger partial charge in [-0.2, -0.15) is 4.98 Å². The van der Waals surface area contributed by atoms with Gasteiger partial charge in [0.1, 0.15) is 4.90 Å². The number of nitrogens with zero attached hydrogens (tertiary/aromatic N) is 2. The lowest BCUT2D eigenvalue weighted by Gasteiger charge is -2.08. The number of hydrogen-bond donors (Lipinski definition) is 3. The summed E-state index contributed by atoms with van der Waals surface area (Å²) in [4.78, 5) is 3.75. The van der Waals surface area contributed by atoms with Gasteiger partial charge in [-0.15, -0.1) is 0 Å². The van der Waals surface area contributed by atoms with Crippen molar-refractivity contribution in [2.24, 2.45) is 5.84 Å². The Morgan fingerprint density at radius 3 is 2.67 bits per heavy atom. The number of hydrogen-bond acceptors (Lipinski definition) is 7. The molecule has 0 saturated heterocycles. The molecule has 18 heavy (non-hydrogen) atoms. The highest BCUT2D eigenvalue weighted by Gasteiger charge is 2.20. The quantitative estimate of drug-likeness (QED) is 0.544. The second-order valence-electron chi connectivity index (χ2n) is 3.39. The first-order valence-electron chi connectivity index (χ1n) is 4.92. The van der Waals surface area contributed by atoms with Crippen LogP contribution in [0.5, 0.6) is 0 Å². The van der Waals surface area contributed by atoms with E-state index in [1.54, 1.807) is 19.1 Å². The summed E-state index contributed by atoms with van der Waals surface area (Å²) in [5.74, 6) is 5.58. The van der Waals surface area contributed by atoms with Gasteiger partial charge >= 0.3 is 6.01 Å². The number of nitrogens with one attached hydrogen (secondary N) is 2. The molecule has 0 saturated carbocycles. The Kier molecular flexibility index (Phi) is 3.17. The van der Waals surface area contributed by atoms with Crippen LogP contribution in [0.25, 0.3) is 0 Å². The molecule has 96 valence electrons. The van der Waals surface area contributed by atoms with Crippen molar-refractivity contribution in [3.63, 3.8) is 0 Å². The van der Waals surface area contributed by atoms with Crippen molar-refractivity contribution in [1.82, 2.24) is 10.1 Å². The van der Waals surface area contributed by atoms with Crippen molar-refractivity contribution < 1.29 is 12.9 Å². The highest BCUT2D eigenvalue weighted by molar-refractivity contribution is 7.92. The molecule has 0 radical (unpaired) electrons. The molecule has 0 aliphatic heterocycles. The zero-order valence-electron chi connectivity index (χ0n) is 9.41. The normalized spacial score (nSPS) is 11.2. The van der Waals surface area contributed by atoms with Crippen molar-refractivity contribution in [1.29, 1.82) is 0 Å². The minimum Gasteiger partial charge on any atom is -0.323 e. The number of aromatic nitrogens is 2. The number of para-hydroxylation sites is 1. The van der Waals surface area contributed by atoms with E-state index < -0.39 is 10.0 Å². The van der Waals surface area contributed by atoms with Crippen LogP contribution in [0.4, 0.5) is 11.7 Å². The predicted octanol–water partition coefficient (Wildman–Crippen LogP) is 0.464. The molecular weight excluding hydrogens is 258 g/mol. The van der Waals surface area contributed by atoms with E-state index in [2.05, 4.69) is 20.3 Å². The standard InChI is InChI=1S/C9H11N5O3S/c1-6-11-9(17-13-6)14-18(15,16)8-5-3-2-4-7(8)12-10/h2-5,12H,10H2,1H3,(H,11,13,14). The Bertz CT molecular complexity index is 652. The van der Waals surface area contributed by atoms with E-state index in [4.69, 9.17) is 10.4 Å². The number of benzene rings is 1. The number of anilines is 2. The average molecular weight is 269 g/mol. The van der Waals surface area contributed by atoms with Crippen LogP contribution in [0.2, 0.25) is 0 Å². The Labute approximate surface area is 103 Å². The van der Waals surface area contributed by atoms with Crippen LogP contribution in [0.1, 0.15) is 5.82 Å². The van der Waals surface area contributed by atoms with Crippen LogP contribution >= 0.6 is 0 Å². The second kappa shape index (κ2) is 4.63. The maximum atomic E-state index is 12.1. The molecule has 2 aromatic rings. The number of aryl methyl sites for hydroxylation is 1. The summed E-state index contributed by atoms with van der Waals surface area (Å²) in [5.41, 5.74) is 2.57. The third-order valence-electron chi connectivity index (χ3n) is 2.08. The van der Waals surface area contributed by atoms with Gasteiger partial charge in [-0.1, -0.05) is 17.3 Å². The molecule has 0 atom stereocenters. The van der Waals surface area contributed by atoms with E-state index in [0.717, 1.165) is 0 Å². The molecule has 1 aromatic heterocycles. The van der Waals surface area contributed by atoms with E-state index in [1.165, 1.54) is 12.1 Å². The molecule has 8 nitrogen and oxygen atoms in total. The van der Waals surface area contributed by atoms with Crippen LogP contribution in [0.3, 0.4) is 0 Å². The lowest BCUT2D eigenvalue weighted by molar-refractivity contribution is 0.429. The molecule has 1 aromatic carbocycles. The van der Waals surface area contributed by atoms with Crippen LogP contribution in [0.15, 0.2) is 33.7 Å². The maximum absolute atomic E-state index is 12.1. The third-order valence-corrected chi connectivity index (χ3v) is 3.46. The number of rotatable bonds is 4. The Hall–Kier alpha value is -2.13. The van der Waals surface area contributed by atoms with Gasteiger partial charge in [0.2, 0.25) is 0 Å². The molecule has 2 rings (SSSR count). The van der Waals surface area contributed by atoms with Gasteiger partial charge in [0.25, 0.3) is 10.0 Å². The Morgan fingerprint density at radius 2 is 2.06 bits per heavy atom. The third kappa shape index (κ3) is 2.41. The highest BCUT2D eigenvalue weighted by Crippen LogP contribution is 2.21. The predicted molar refractivity (Wildman–Crippen MR) is 64.1 cm³/mol. The van der Waals surface area contributed by atoms with Crippen molar-refractivity contribution in [3.8, 4) is 0 Å². The second-order valence-corrected chi connectivity index (χ2v) is 5.04. The molecule has 0 spiro atoms. The van der Waals surface area contributed by atoms with Gasteiger partial charge in [0.05, 0.1) is 5.69 Å². The van der Waals surface area contributed by atoms with E-state index in [0.29, 0.717) is 5.82 Å². The van der Waals surface area contributed by atoms with E-state index in [9.17, 15) is 8.42 Å². The number of nitrogens with two attached hydrogens (primary N) is 1. The first-order valence-corrected chi connectivity index (χ1v) is 6.40. The molecule has 1 heterocycles. The minimum atomic E-state index is -3.83. The van der Waals surface area contributed by atoms with Crippen molar-refractivity contribution in [3.05, 3.63) is 30.1 Å². The Morgan fingerprint density at radius 1 is 1.33 bits per heavy atom. The molecule has 9 heteroatoms. The zero-order valence-corrected chi connectivity index (χ0v) is 10.2. The summed E-state index contributed by atoms with van der Waals surface area (Å²) in [7, 11) is -3.83. The molecule has 0 aliphatic carbocycles. The fourth-order valence-corrected chi connectivity index (χ4v) is 2.43. The lowest BCUT2D eigenvalue weighted by Crippen LogP contribution is -2.17. The molecule has 0 bridgehead atoms. The fourth-order valence-electron chi connectivity index (χ4n) is 1.33. The summed E-state index contributed by atoms with van der Waals surface area (Å²) >= 11 is 0. The van der Waals surface area contributed by atoms with Crippen LogP contribution in [-0.2, 0) is 10.0 Å². The van der Waals surface area contributed by atoms with Gasteiger partial charge < -0.3 is 9.95 Å². The van der Waals surface area contributed by atoms with E-state index in [-0.39, 0.29) is 16.6 Å². The van der Waals surface area contributed by atoms with Crippen molar-refractivity contribution in [2.45, 2.75) is 11.8 Å². The summed E-state index contributed by atoms with van der Waals surface area (Å²) < 4.78 is 31.0. The smallest absolute Gasteiger partial charge is 0.323 e. The van der Waals surface area contributed by atoms with Gasteiger partial charge in [-0.3, -0.25) is 5.84 Å². The van der Waals surface area contributed by atoms with Gasteiger partial charge in [0, 0.05) is 0 Å². The topological polar surface area (TPSA) is 123 Å². The summed E-state index contributed by atoms with van der Waals surface area (Å²) in [5, 5.41) is 3.48. The molecule has 4 N–H and O–H groups in total. The molecule has 0 aliphatic rings. The summed E-state index contributed by atoms with van der Waals surface area (Å²) in [6.07, 6.45) is 0. The number of hydrazine groups is 1. The molecule has 0 fully saturated rings. The first kappa shape index (κ1) is 12.3. The SMILES string of the molecule is Cc1noc(NS(=O)(=O)c2ccccc2NN)n1. The van der Waals surface area contributed by atoms with Crippen molar-refractivity contribution >= 4 is 21.7 Å². The minimum absolute atomic E-state index is 0.0108. The summed E-state index contributed by atoms with van der Waals surface area (Å²) in [6, 6.07) is 5.98. The Balaban J connectivity index is 2.36. The van der Waals surface area contributed by atoms with E-state index in [1.807, 2.05) is 0 Å². The van der Waals surface area contributed by atoms with Gasteiger partial charge in [-0.25, -0.2) is 13.1 Å². The van der Waals surface area contributed by atoms with Gasteiger partial charge in [0.15, 0.2) is 5.82 Å². The van der Waals surface area contributed by atoms with Crippen LogP contribution in [0, 0.1) is 6.92 Å². The van der Waals surface area contributed by atoms with E-state index >= 15 is 0 Å².